The number of carboxylic acids is 1. The quantitative estimate of drug-likeness (QED) is 0.634. The molecule has 0 saturated carbocycles. The van der Waals surface area contributed by atoms with Crippen LogP contribution in [0.25, 0.3) is 0 Å². The number of carbonyl (C=O) groups excluding carboxylic acids is 1. The first-order valence-electron chi connectivity index (χ1n) is 6.02. The lowest BCUT2D eigenvalue weighted by Crippen LogP contribution is -2.49. The number of nitro groups is 1. The molecular formula is C13H15BrN2O5. The monoisotopic (exact) mass is 358 g/mol. The highest BCUT2D eigenvalue weighted by atomic mass is 79.9. The van der Waals surface area contributed by atoms with E-state index in [0.717, 1.165) is 0 Å². The number of benzene rings is 1. The number of hydrogen-bond acceptors (Lipinski definition) is 4. The fourth-order valence-corrected chi connectivity index (χ4v) is 2.28. The molecule has 0 spiro atoms. The van der Waals surface area contributed by atoms with Crippen molar-refractivity contribution in [2.45, 2.75) is 26.8 Å². The van der Waals surface area contributed by atoms with Gasteiger partial charge in [0, 0.05) is 6.07 Å². The number of rotatable bonds is 4. The number of carbonyl (C=O) groups is 2. The summed E-state index contributed by atoms with van der Waals surface area (Å²) in [6.07, 6.45) is 0. The number of hydrogen-bond donors (Lipinski definition) is 2. The number of halogens is 1. The zero-order valence-electron chi connectivity index (χ0n) is 11.7. The van der Waals surface area contributed by atoms with Crippen molar-refractivity contribution in [2.24, 2.45) is 5.41 Å². The van der Waals surface area contributed by atoms with Crippen LogP contribution in [-0.2, 0) is 4.79 Å². The van der Waals surface area contributed by atoms with E-state index in [2.05, 4.69) is 21.2 Å². The van der Waals surface area contributed by atoms with Crippen LogP contribution in [0.1, 0.15) is 31.1 Å². The molecule has 8 heteroatoms. The minimum atomic E-state index is -1.17. The SMILES string of the molecule is CC(C)(C)C(NC(=O)c1cccc([N+](=O)[O-])c1Br)C(=O)O. The van der Waals surface area contributed by atoms with E-state index in [0.29, 0.717) is 0 Å². The lowest BCUT2D eigenvalue weighted by molar-refractivity contribution is -0.385. The van der Waals surface area contributed by atoms with Crippen molar-refractivity contribution in [3.63, 3.8) is 0 Å². The van der Waals surface area contributed by atoms with Gasteiger partial charge in [0.1, 0.15) is 10.5 Å². The third kappa shape index (κ3) is 4.01. The summed E-state index contributed by atoms with van der Waals surface area (Å²) >= 11 is 3.01. The topological polar surface area (TPSA) is 110 Å². The molecule has 7 nitrogen and oxygen atoms in total. The molecule has 0 aliphatic rings. The number of aliphatic carboxylic acids is 1. The summed E-state index contributed by atoms with van der Waals surface area (Å²) < 4.78 is 0.0190. The van der Waals surface area contributed by atoms with Crippen LogP contribution in [0.3, 0.4) is 0 Å². The van der Waals surface area contributed by atoms with Crippen LogP contribution in [0.15, 0.2) is 22.7 Å². The highest BCUT2D eigenvalue weighted by molar-refractivity contribution is 9.10. The maximum atomic E-state index is 12.2. The van der Waals surface area contributed by atoms with Crippen LogP contribution in [0.4, 0.5) is 5.69 Å². The molecule has 0 fully saturated rings. The summed E-state index contributed by atoms with van der Waals surface area (Å²) in [4.78, 5) is 33.6. The van der Waals surface area contributed by atoms with Gasteiger partial charge in [0.15, 0.2) is 0 Å². The van der Waals surface area contributed by atoms with Crippen molar-refractivity contribution in [1.29, 1.82) is 0 Å². The van der Waals surface area contributed by atoms with E-state index in [1.54, 1.807) is 20.8 Å². The molecule has 1 rings (SSSR count). The molecule has 1 amide bonds. The molecule has 2 N–H and O–H groups in total. The molecule has 114 valence electrons. The van der Waals surface area contributed by atoms with Gasteiger partial charge in [-0.25, -0.2) is 4.79 Å². The molecule has 0 aromatic heterocycles. The number of amides is 1. The predicted molar refractivity (Wildman–Crippen MR) is 79.1 cm³/mol. The number of nitrogens with zero attached hydrogens (tertiary/aromatic N) is 1. The van der Waals surface area contributed by atoms with E-state index >= 15 is 0 Å². The first kappa shape index (κ1) is 17.1. The van der Waals surface area contributed by atoms with Gasteiger partial charge in [-0.15, -0.1) is 0 Å². The Morgan fingerprint density at radius 2 is 1.95 bits per heavy atom. The Balaban J connectivity index is 3.13. The molecule has 21 heavy (non-hydrogen) atoms. The van der Waals surface area contributed by atoms with E-state index in [1.807, 2.05) is 0 Å². The van der Waals surface area contributed by atoms with Crippen molar-refractivity contribution in [2.75, 3.05) is 0 Å². The summed E-state index contributed by atoms with van der Waals surface area (Å²) in [6.45, 7) is 5.03. The first-order valence-corrected chi connectivity index (χ1v) is 6.81. The molecule has 1 aromatic rings. The molecule has 1 atom stereocenters. The largest absolute Gasteiger partial charge is 0.480 e. The Bertz CT molecular complexity index is 595. The second-order valence-electron chi connectivity index (χ2n) is 5.51. The van der Waals surface area contributed by atoms with Crippen LogP contribution in [-0.4, -0.2) is 27.9 Å². The van der Waals surface area contributed by atoms with Gasteiger partial charge in [-0.05, 0) is 27.4 Å². The third-order valence-corrected chi connectivity index (χ3v) is 3.64. The summed E-state index contributed by atoms with van der Waals surface area (Å²) in [5, 5.41) is 22.4. The molecule has 0 aliphatic heterocycles. The normalized spacial score (nSPS) is 12.6. The van der Waals surface area contributed by atoms with E-state index in [1.165, 1.54) is 18.2 Å². The molecule has 0 saturated heterocycles. The maximum Gasteiger partial charge on any atom is 0.326 e. The minimum Gasteiger partial charge on any atom is -0.480 e. The Kier molecular flexibility index (Phi) is 5.06. The predicted octanol–water partition coefficient (Wildman–Crippen LogP) is 2.59. The van der Waals surface area contributed by atoms with Crippen LogP contribution in [0, 0.1) is 15.5 Å². The Labute approximate surface area is 129 Å². The molecule has 0 radical (unpaired) electrons. The summed E-state index contributed by atoms with van der Waals surface area (Å²) in [5.74, 6) is -1.86. The zero-order valence-corrected chi connectivity index (χ0v) is 13.3. The van der Waals surface area contributed by atoms with Gasteiger partial charge in [-0.3, -0.25) is 14.9 Å². The van der Waals surface area contributed by atoms with E-state index in [9.17, 15) is 24.8 Å². The summed E-state index contributed by atoms with van der Waals surface area (Å²) in [6, 6.07) is 2.88. The summed E-state index contributed by atoms with van der Waals surface area (Å²) in [5.41, 5.74) is -0.945. The standard InChI is InChI=1S/C13H15BrN2O5/c1-13(2,3)10(12(18)19)15-11(17)7-5-4-6-8(9(7)14)16(20)21/h4-6,10H,1-3H3,(H,15,17)(H,18,19). The second-order valence-corrected chi connectivity index (χ2v) is 6.30. The van der Waals surface area contributed by atoms with Gasteiger partial charge in [0.05, 0.1) is 10.5 Å². The number of carboxylic acid groups (broad SMARTS) is 1. The fourth-order valence-electron chi connectivity index (χ4n) is 1.69. The first-order chi connectivity index (χ1) is 9.55. The maximum absolute atomic E-state index is 12.2. The molecule has 0 heterocycles. The van der Waals surface area contributed by atoms with E-state index < -0.39 is 28.3 Å². The van der Waals surface area contributed by atoms with Crippen LogP contribution < -0.4 is 5.32 Å². The lowest BCUT2D eigenvalue weighted by atomic mass is 9.86. The molecule has 1 unspecified atom stereocenters. The van der Waals surface area contributed by atoms with Gasteiger partial charge >= 0.3 is 5.97 Å². The average molecular weight is 359 g/mol. The molecule has 0 aliphatic carbocycles. The van der Waals surface area contributed by atoms with Gasteiger partial charge < -0.3 is 10.4 Å². The Morgan fingerprint density at radius 1 is 1.38 bits per heavy atom. The van der Waals surface area contributed by atoms with Gasteiger partial charge in [-0.1, -0.05) is 26.8 Å². The zero-order chi connectivity index (χ0) is 16.4. The van der Waals surface area contributed by atoms with E-state index in [4.69, 9.17) is 0 Å². The highest BCUT2D eigenvalue weighted by Crippen LogP contribution is 2.29. The van der Waals surface area contributed by atoms with Gasteiger partial charge in [0.2, 0.25) is 0 Å². The summed E-state index contributed by atoms with van der Waals surface area (Å²) in [7, 11) is 0. The van der Waals surface area contributed by atoms with Crippen molar-refractivity contribution < 1.29 is 19.6 Å². The van der Waals surface area contributed by atoms with Crippen LogP contribution in [0.5, 0.6) is 0 Å². The van der Waals surface area contributed by atoms with Crippen molar-refractivity contribution in [3.05, 3.63) is 38.3 Å². The average Bonchev–Trinajstić information content (AvgIpc) is 2.33. The van der Waals surface area contributed by atoms with Crippen molar-refractivity contribution >= 4 is 33.5 Å². The highest BCUT2D eigenvalue weighted by Gasteiger charge is 2.33. The lowest BCUT2D eigenvalue weighted by Gasteiger charge is -2.27. The van der Waals surface area contributed by atoms with E-state index in [-0.39, 0.29) is 15.7 Å². The third-order valence-electron chi connectivity index (χ3n) is 2.81. The van der Waals surface area contributed by atoms with Gasteiger partial charge in [-0.2, -0.15) is 0 Å². The van der Waals surface area contributed by atoms with Crippen LogP contribution in [0.2, 0.25) is 0 Å². The minimum absolute atomic E-state index is 0.0136. The smallest absolute Gasteiger partial charge is 0.326 e. The number of nitro benzene ring substituents is 1. The second kappa shape index (κ2) is 6.21. The van der Waals surface area contributed by atoms with Crippen LogP contribution >= 0.6 is 15.9 Å². The van der Waals surface area contributed by atoms with Crippen molar-refractivity contribution in [3.8, 4) is 0 Å². The molecule has 1 aromatic carbocycles. The number of nitrogens with one attached hydrogen (secondary N) is 1. The van der Waals surface area contributed by atoms with Crippen molar-refractivity contribution in [1.82, 2.24) is 5.32 Å². The van der Waals surface area contributed by atoms with Gasteiger partial charge in [0.25, 0.3) is 11.6 Å². The molecular weight excluding hydrogens is 344 g/mol. The molecule has 0 bridgehead atoms. The Hall–Kier alpha value is -1.96. The fraction of sp³-hybridized carbons (Fsp3) is 0.385. The Morgan fingerprint density at radius 3 is 2.38 bits per heavy atom.